The third-order valence-electron chi connectivity index (χ3n) is 3.48. The van der Waals surface area contributed by atoms with Gasteiger partial charge in [-0.2, -0.15) is 0 Å². The maximum absolute atomic E-state index is 12.2. The lowest BCUT2D eigenvalue weighted by Crippen LogP contribution is -2.18. The molecule has 25 heavy (non-hydrogen) atoms. The summed E-state index contributed by atoms with van der Waals surface area (Å²) in [7, 11) is 0. The number of anilines is 1. The van der Waals surface area contributed by atoms with Gasteiger partial charge in [-0.3, -0.25) is 9.36 Å². The van der Waals surface area contributed by atoms with E-state index in [-0.39, 0.29) is 18.3 Å². The number of rotatable bonds is 5. The Morgan fingerprint density at radius 3 is 2.64 bits per heavy atom. The highest BCUT2D eigenvalue weighted by Gasteiger charge is 2.18. The smallest absolute Gasteiger partial charge is 0.358 e. The van der Waals surface area contributed by atoms with Crippen molar-refractivity contribution in [2.45, 2.75) is 27.3 Å². The molecule has 130 valence electrons. The van der Waals surface area contributed by atoms with Crippen molar-refractivity contribution >= 4 is 39.5 Å². The van der Waals surface area contributed by atoms with E-state index < -0.39 is 4.92 Å². The lowest BCUT2D eigenvalue weighted by molar-refractivity contribution is -0.389. The van der Waals surface area contributed by atoms with E-state index in [0.717, 1.165) is 15.4 Å². The molecule has 3 heterocycles. The minimum absolute atomic E-state index is 0.0568. The molecule has 0 saturated carbocycles. The zero-order chi connectivity index (χ0) is 18.1. The lowest BCUT2D eigenvalue weighted by atomic mass is 10.3. The minimum Gasteiger partial charge on any atom is -0.358 e. The molecular weight excluding hydrogens is 362 g/mol. The second-order valence-corrected chi connectivity index (χ2v) is 7.90. The first-order chi connectivity index (χ1) is 11.8. The maximum atomic E-state index is 12.2. The molecule has 0 aliphatic heterocycles. The summed E-state index contributed by atoms with van der Waals surface area (Å²) in [6.07, 6.45) is 1.25. The second kappa shape index (κ2) is 6.73. The molecule has 0 radical (unpaired) electrons. The lowest BCUT2D eigenvalue weighted by Gasteiger charge is -2.02. The molecular formula is C15H15N5O3S2. The molecule has 3 aromatic heterocycles. The zero-order valence-electron chi connectivity index (χ0n) is 13.8. The molecule has 0 unspecified atom stereocenters. The molecule has 0 fully saturated rings. The molecule has 8 nitrogen and oxygen atoms in total. The summed E-state index contributed by atoms with van der Waals surface area (Å²) in [4.78, 5) is 34.0. The number of nitro groups is 1. The van der Waals surface area contributed by atoms with Crippen molar-refractivity contribution < 1.29 is 9.72 Å². The largest absolute Gasteiger partial charge is 0.381 e. The number of thiazole rings is 1. The van der Waals surface area contributed by atoms with Crippen LogP contribution in [0, 0.1) is 30.9 Å². The van der Waals surface area contributed by atoms with E-state index >= 15 is 0 Å². The summed E-state index contributed by atoms with van der Waals surface area (Å²) >= 11 is 3.05. The number of aryl methyl sites for hydroxylation is 3. The van der Waals surface area contributed by atoms with Crippen molar-refractivity contribution in [3.8, 4) is 10.6 Å². The van der Waals surface area contributed by atoms with E-state index in [0.29, 0.717) is 11.0 Å². The highest BCUT2D eigenvalue weighted by atomic mass is 32.1. The highest BCUT2D eigenvalue weighted by Crippen LogP contribution is 2.34. The summed E-state index contributed by atoms with van der Waals surface area (Å²) in [5.41, 5.74) is 0.868. The average Bonchev–Trinajstić information content (AvgIpc) is 3.20. The SMILES string of the molecule is Cc1ccc(-c2nc(NC(=O)Cn3cc([N+](=O)[O-])nc3C)sc2C)s1. The first-order valence-electron chi connectivity index (χ1n) is 7.35. The number of carbonyl (C=O) groups excluding carboxylic acids is 1. The number of hydrogen-bond donors (Lipinski definition) is 1. The number of nitrogens with one attached hydrogen (secondary N) is 1. The van der Waals surface area contributed by atoms with E-state index in [9.17, 15) is 14.9 Å². The fourth-order valence-electron chi connectivity index (χ4n) is 2.29. The topological polar surface area (TPSA) is 103 Å². The van der Waals surface area contributed by atoms with Gasteiger partial charge in [-0.1, -0.05) is 0 Å². The fourth-order valence-corrected chi connectivity index (χ4v) is 4.12. The highest BCUT2D eigenvalue weighted by molar-refractivity contribution is 7.18. The van der Waals surface area contributed by atoms with Crippen molar-refractivity contribution in [3.63, 3.8) is 0 Å². The summed E-state index contributed by atoms with van der Waals surface area (Å²) in [5, 5.41) is 14.0. The van der Waals surface area contributed by atoms with Crippen LogP contribution in [-0.4, -0.2) is 25.4 Å². The Morgan fingerprint density at radius 1 is 1.28 bits per heavy atom. The number of imidazole rings is 1. The van der Waals surface area contributed by atoms with Gasteiger partial charge in [0.25, 0.3) is 0 Å². The molecule has 0 aliphatic carbocycles. The van der Waals surface area contributed by atoms with Crippen molar-refractivity contribution in [3.05, 3.63) is 44.0 Å². The monoisotopic (exact) mass is 377 g/mol. The number of amides is 1. The Balaban J connectivity index is 1.72. The molecule has 3 rings (SSSR count). The number of carbonyl (C=O) groups is 1. The Morgan fingerprint density at radius 2 is 2.04 bits per heavy atom. The van der Waals surface area contributed by atoms with E-state index in [2.05, 4.69) is 15.3 Å². The molecule has 0 aromatic carbocycles. The number of thiophene rings is 1. The van der Waals surface area contributed by atoms with Crippen LogP contribution in [0.5, 0.6) is 0 Å². The predicted molar refractivity (Wildman–Crippen MR) is 97.1 cm³/mol. The van der Waals surface area contributed by atoms with Gasteiger partial charge in [-0.25, -0.2) is 4.98 Å². The second-order valence-electron chi connectivity index (χ2n) is 5.41. The fraction of sp³-hybridized carbons (Fsp3) is 0.267. The van der Waals surface area contributed by atoms with Crippen molar-refractivity contribution in [2.24, 2.45) is 0 Å². The van der Waals surface area contributed by atoms with Gasteiger partial charge in [-0.05, 0) is 35.9 Å². The molecule has 1 amide bonds. The first kappa shape index (κ1) is 17.2. The van der Waals surface area contributed by atoms with Crippen LogP contribution >= 0.6 is 22.7 Å². The molecule has 10 heteroatoms. The van der Waals surface area contributed by atoms with Crippen molar-refractivity contribution in [1.82, 2.24) is 14.5 Å². The van der Waals surface area contributed by atoms with Crippen molar-refractivity contribution in [2.75, 3.05) is 5.32 Å². The van der Waals surface area contributed by atoms with Gasteiger partial charge in [0.1, 0.15) is 12.7 Å². The Hall–Kier alpha value is -2.59. The normalized spacial score (nSPS) is 10.8. The quantitative estimate of drug-likeness (QED) is 0.541. The summed E-state index contributed by atoms with van der Waals surface area (Å²) in [6, 6.07) is 4.05. The average molecular weight is 377 g/mol. The molecule has 0 atom stereocenters. The van der Waals surface area contributed by atoms with Crippen LogP contribution in [0.4, 0.5) is 10.9 Å². The van der Waals surface area contributed by atoms with Gasteiger partial charge in [0.05, 0.1) is 10.6 Å². The van der Waals surface area contributed by atoms with E-state index in [4.69, 9.17) is 0 Å². The minimum atomic E-state index is -0.582. The number of nitrogens with zero attached hydrogens (tertiary/aromatic N) is 4. The third-order valence-corrected chi connectivity index (χ3v) is 5.37. The molecule has 0 spiro atoms. The van der Waals surface area contributed by atoms with Gasteiger partial charge in [-0.15, -0.1) is 22.7 Å². The number of aromatic nitrogens is 3. The van der Waals surface area contributed by atoms with Gasteiger partial charge in [0.2, 0.25) is 11.7 Å². The van der Waals surface area contributed by atoms with Crippen molar-refractivity contribution in [1.29, 1.82) is 0 Å². The molecule has 0 bridgehead atoms. The molecule has 0 saturated heterocycles. The van der Waals surface area contributed by atoms with Crippen LogP contribution < -0.4 is 5.32 Å². The maximum Gasteiger partial charge on any atom is 0.381 e. The first-order valence-corrected chi connectivity index (χ1v) is 8.99. The summed E-state index contributed by atoms with van der Waals surface area (Å²) in [5.74, 6) is -0.171. The Bertz CT molecular complexity index is 956. The summed E-state index contributed by atoms with van der Waals surface area (Å²) < 4.78 is 1.44. The van der Waals surface area contributed by atoms with Crippen LogP contribution in [0.3, 0.4) is 0 Å². The van der Waals surface area contributed by atoms with Gasteiger partial charge < -0.3 is 15.4 Å². The van der Waals surface area contributed by atoms with E-state index in [1.54, 1.807) is 18.3 Å². The third kappa shape index (κ3) is 3.74. The van der Waals surface area contributed by atoms with E-state index in [1.165, 1.54) is 27.0 Å². The Kier molecular flexibility index (Phi) is 4.64. The van der Waals surface area contributed by atoms with Crippen LogP contribution in [0.1, 0.15) is 15.6 Å². The molecule has 0 aliphatic rings. The van der Waals surface area contributed by atoms with Gasteiger partial charge in [0.15, 0.2) is 5.13 Å². The molecule has 1 N–H and O–H groups in total. The predicted octanol–water partition coefficient (Wildman–Crippen LogP) is 3.54. The van der Waals surface area contributed by atoms with E-state index in [1.807, 2.05) is 26.0 Å². The zero-order valence-corrected chi connectivity index (χ0v) is 15.4. The van der Waals surface area contributed by atoms with Gasteiger partial charge >= 0.3 is 5.82 Å². The van der Waals surface area contributed by atoms with Crippen LogP contribution in [0.25, 0.3) is 10.6 Å². The van der Waals surface area contributed by atoms with Crippen LogP contribution in [0.15, 0.2) is 18.3 Å². The standard InChI is InChI=1S/C15H15N5O3S2/c1-8-4-5-11(24-8)14-9(2)25-15(18-14)17-13(21)7-19-6-12(20(22)23)16-10(19)3/h4-6H,7H2,1-3H3,(H,17,18,21). The van der Waals surface area contributed by atoms with Crippen LogP contribution in [-0.2, 0) is 11.3 Å². The number of hydrogen-bond acceptors (Lipinski definition) is 7. The van der Waals surface area contributed by atoms with Crippen LogP contribution in [0.2, 0.25) is 0 Å². The van der Waals surface area contributed by atoms with Gasteiger partial charge in [0, 0.05) is 16.7 Å². The molecule has 3 aromatic rings. The Labute approximate surface area is 151 Å². The summed E-state index contributed by atoms with van der Waals surface area (Å²) in [6.45, 7) is 5.55.